The number of carbonyl (C=O) groups excluding carboxylic acids is 3. The molecule has 0 aliphatic carbocycles. The Bertz CT molecular complexity index is 1250. The highest BCUT2D eigenvalue weighted by atomic mass is 35.5. The molecule has 2 atom stereocenters. The molecule has 12 nitrogen and oxygen atoms in total. The van der Waals surface area contributed by atoms with Gasteiger partial charge in [-0.1, -0.05) is 23.7 Å². The molecule has 42 heavy (non-hydrogen) atoms. The lowest BCUT2D eigenvalue weighted by atomic mass is 10.0. The number of methoxy groups -OCH3 is 2. The molecule has 1 aromatic heterocycles. The number of nitrogens with one attached hydrogen (secondary N) is 2. The fourth-order valence-electron chi connectivity index (χ4n) is 5.18. The number of hydrogen-bond donors (Lipinski definition) is 3. The van der Waals surface area contributed by atoms with Crippen LogP contribution in [0.25, 0.3) is 0 Å². The lowest BCUT2D eigenvalue weighted by molar-refractivity contribution is -0.150. The summed E-state index contributed by atoms with van der Waals surface area (Å²) < 4.78 is 16.5. The van der Waals surface area contributed by atoms with Gasteiger partial charge in [0.1, 0.15) is 17.5 Å². The number of pyridine rings is 1. The zero-order valence-corrected chi connectivity index (χ0v) is 25.0. The maximum absolute atomic E-state index is 13.0. The summed E-state index contributed by atoms with van der Waals surface area (Å²) in [5.41, 5.74) is 7.36. The topological polar surface area (TPSA) is 148 Å². The fraction of sp³-hybridized carbons (Fsp3) is 0.517. The third-order valence-corrected chi connectivity index (χ3v) is 7.89. The van der Waals surface area contributed by atoms with Gasteiger partial charge in [-0.05, 0) is 50.1 Å². The van der Waals surface area contributed by atoms with Gasteiger partial charge in [0.2, 0.25) is 11.8 Å². The fourth-order valence-corrected chi connectivity index (χ4v) is 5.34. The van der Waals surface area contributed by atoms with E-state index < -0.39 is 5.91 Å². The van der Waals surface area contributed by atoms with Crippen LogP contribution < -0.4 is 21.1 Å². The van der Waals surface area contributed by atoms with Crippen LogP contribution in [0.3, 0.4) is 0 Å². The molecule has 228 valence electrons. The molecule has 2 aliphatic heterocycles. The van der Waals surface area contributed by atoms with E-state index in [0.717, 1.165) is 31.5 Å². The number of anilines is 2. The van der Waals surface area contributed by atoms with Crippen LogP contribution in [0.4, 0.5) is 11.5 Å². The van der Waals surface area contributed by atoms with E-state index in [2.05, 4.69) is 27.6 Å². The standard InChI is InChI=1S/C29H39ClN6O6/c1-35-11-8-20(9-12-35)42-26(38)14-18-4-6-19(7-5-18)32-25(37)17-36-13-10-23(24(16-36)40-2)33-28(39)21-15-22(30)27(31)34-29(21)41-3/h4-7,15,20,23-24H,8-14,16-17H2,1-3H3,(H2,31,34)(H,32,37)(H,33,39)/t23-,24+/m1/s1. The van der Waals surface area contributed by atoms with Gasteiger partial charge in [0.25, 0.3) is 5.91 Å². The normalized spacial score (nSPS) is 20.1. The third kappa shape index (κ3) is 8.54. The summed E-state index contributed by atoms with van der Waals surface area (Å²) in [4.78, 5) is 46.3. The summed E-state index contributed by atoms with van der Waals surface area (Å²) in [7, 11) is 5.04. The van der Waals surface area contributed by atoms with Crippen LogP contribution in [0.15, 0.2) is 30.3 Å². The molecular weight excluding hydrogens is 564 g/mol. The van der Waals surface area contributed by atoms with E-state index >= 15 is 0 Å². The number of benzene rings is 1. The second-order valence-electron chi connectivity index (χ2n) is 10.7. The van der Waals surface area contributed by atoms with Crippen molar-refractivity contribution in [1.82, 2.24) is 20.1 Å². The number of carbonyl (C=O) groups is 3. The first kappa shape index (κ1) is 31.5. The van der Waals surface area contributed by atoms with Crippen LogP contribution in [0.1, 0.15) is 35.2 Å². The molecular formula is C29H39ClN6O6. The Labute approximate surface area is 250 Å². The van der Waals surface area contributed by atoms with Crippen LogP contribution in [0.2, 0.25) is 5.02 Å². The van der Waals surface area contributed by atoms with Crippen molar-refractivity contribution in [1.29, 1.82) is 0 Å². The Balaban J connectivity index is 1.23. The van der Waals surface area contributed by atoms with Crippen molar-refractivity contribution < 1.29 is 28.6 Å². The summed E-state index contributed by atoms with van der Waals surface area (Å²) in [5, 5.41) is 6.03. The highest BCUT2D eigenvalue weighted by Gasteiger charge is 2.32. The van der Waals surface area contributed by atoms with Gasteiger partial charge in [-0.3, -0.25) is 19.3 Å². The molecule has 3 heterocycles. The first-order valence-electron chi connectivity index (χ1n) is 14.0. The monoisotopic (exact) mass is 602 g/mol. The number of likely N-dealkylation sites (tertiary alicyclic amines) is 2. The van der Waals surface area contributed by atoms with E-state index in [4.69, 9.17) is 31.5 Å². The summed E-state index contributed by atoms with van der Waals surface area (Å²) in [6.07, 6.45) is 2.12. The number of amides is 2. The van der Waals surface area contributed by atoms with E-state index in [-0.39, 0.29) is 65.4 Å². The van der Waals surface area contributed by atoms with E-state index in [1.54, 1.807) is 19.2 Å². The average Bonchev–Trinajstić information content (AvgIpc) is 2.97. The van der Waals surface area contributed by atoms with Gasteiger partial charge in [-0.25, -0.2) is 0 Å². The minimum Gasteiger partial charge on any atom is -0.480 e. The number of ether oxygens (including phenoxy) is 3. The van der Waals surface area contributed by atoms with E-state index in [9.17, 15) is 14.4 Å². The molecule has 2 fully saturated rings. The van der Waals surface area contributed by atoms with Gasteiger partial charge < -0.3 is 35.5 Å². The van der Waals surface area contributed by atoms with Crippen molar-refractivity contribution in [2.75, 3.05) is 65.0 Å². The number of nitrogen functional groups attached to an aromatic ring is 1. The largest absolute Gasteiger partial charge is 0.480 e. The number of halogens is 1. The number of rotatable bonds is 10. The second kappa shape index (κ2) is 14.6. The Morgan fingerprint density at radius 2 is 1.81 bits per heavy atom. The predicted molar refractivity (Wildman–Crippen MR) is 159 cm³/mol. The third-order valence-electron chi connectivity index (χ3n) is 7.59. The highest BCUT2D eigenvalue weighted by Crippen LogP contribution is 2.26. The minimum atomic E-state index is -0.405. The molecule has 2 amide bonds. The van der Waals surface area contributed by atoms with Crippen LogP contribution in [-0.4, -0.2) is 105 Å². The lowest BCUT2D eigenvalue weighted by Crippen LogP contribution is -2.55. The number of piperidine rings is 2. The molecule has 0 unspecified atom stereocenters. The van der Waals surface area contributed by atoms with Gasteiger partial charge in [0, 0.05) is 39.0 Å². The molecule has 4 rings (SSSR count). The highest BCUT2D eigenvalue weighted by molar-refractivity contribution is 6.33. The van der Waals surface area contributed by atoms with Gasteiger partial charge in [0.15, 0.2) is 0 Å². The smallest absolute Gasteiger partial charge is 0.310 e. The Morgan fingerprint density at radius 1 is 1.10 bits per heavy atom. The SMILES string of the molecule is COc1nc(N)c(Cl)cc1C(=O)N[C@@H]1CCN(CC(=O)Nc2ccc(CC(=O)OC3CCN(C)CC3)cc2)C[C@@H]1OC. The molecule has 2 aromatic rings. The van der Waals surface area contributed by atoms with E-state index in [1.165, 1.54) is 13.2 Å². The number of aromatic nitrogens is 1. The van der Waals surface area contributed by atoms with Gasteiger partial charge in [0.05, 0.1) is 37.2 Å². The van der Waals surface area contributed by atoms with Crippen LogP contribution in [0, 0.1) is 0 Å². The molecule has 2 saturated heterocycles. The van der Waals surface area contributed by atoms with Crippen molar-refractivity contribution in [3.05, 3.63) is 46.5 Å². The van der Waals surface area contributed by atoms with E-state index in [1.807, 2.05) is 17.0 Å². The van der Waals surface area contributed by atoms with Gasteiger partial charge in [-0.15, -0.1) is 0 Å². The molecule has 0 radical (unpaired) electrons. The zero-order valence-electron chi connectivity index (χ0n) is 24.2. The summed E-state index contributed by atoms with van der Waals surface area (Å²) >= 11 is 6.06. The number of esters is 1. The molecule has 0 bridgehead atoms. The van der Waals surface area contributed by atoms with Crippen LogP contribution in [-0.2, 0) is 25.5 Å². The first-order valence-corrected chi connectivity index (χ1v) is 14.4. The lowest BCUT2D eigenvalue weighted by Gasteiger charge is -2.37. The maximum Gasteiger partial charge on any atom is 0.310 e. The van der Waals surface area contributed by atoms with Crippen LogP contribution >= 0.6 is 11.6 Å². The summed E-state index contributed by atoms with van der Waals surface area (Å²) in [5.74, 6) is -0.655. The molecule has 4 N–H and O–H groups in total. The number of nitrogens with two attached hydrogens (primary N) is 1. The first-order chi connectivity index (χ1) is 20.1. The average molecular weight is 603 g/mol. The molecule has 0 spiro atoms. The van der Waals surface area contributed by atoms with Crippen molar-refractivity contribution in [3.63, 3.8) is 0 Å². The quantitative estimate of drug-likeness (QED) is 0.345. The number of nitrogens with zero attached hydrogens (tertiary/aromatic N) is 3. The second-order valence-corrected chi connectivity index (χ2v) is 11.1. The Kier molecular flexibility index (Phi) is 11.0. The predicted octanol–water partition coefficient (Wildman–Crippen LogP) is 1.96. The molecule has 2 aliphatic rings. The van der Waals surface area contributed by atoms with Crippen molar-refractivity contribution in [2.45, 2.75) is 43.9 Å². The molecule has 1 aromatic carbocycles. The molecule has 13 heteroatoms. The van der Waals surface area contributed by atoms with Crippen molar-refractivity contribution in [2.24, 2.45) is 0 Å². The van der Waals surface area contributed by atoms with E-state index in [0.29, 0.717) is 25.2 Å². The zero-order chi connectivity index (χ0) is 30.2. The number of hydrogen-bond acceptors (Lipinski definition) is 10. The van der Waals surface area contributed by atoms with Crippen molar-refractivity contribution in [3.8, 4) is 5.88 Å². The molecule has 0 saturated carbocycles. The van der Waals surface area contributed by atoms with Gasteiger partial charge >= 0.3 is 5.97 Å². The Morgan fingerprint density at radius 3 is 2.48 bits per heavy atom. The van der Waals surface area contributed by atoms with Crippen molar-refractivity contribution >= 4 is 40.9 Å². The maximum atomic E-state index is 13.0. The summed E-state index contributed by atoms with van der Waals surface area (Å²) in [6, 6.07) is 8.33. The Hall–Kier alpha value is -3.45. The minimum absolute atomic E-state index is 0.0186. The van der Waals surface area contributed by atoms with Gasteiger partial charge in [-0.2, -0.15) is 4.98 Å². The van der Waals surface area contributed by atoms with Crippen LogP contribution in [0.5, 0.6) is 5.88 Å². The summed E-state index contributed by atoms with van der Waals surface area (Å²) in [6.45, 7) is 3.05.